The average Bonchev–Trinajstić information content (AvgIpc) is 3.58. The summed E-state index contributed by atoms with van der Waals surface area (Å²) in [6, 6.07) is 48.4. The summed E-state index contributed by atoms with van der Waals surface area (Å²) < 4.78 is 2.38. The van der Waals surface area contributed by atoms with Crippen molar-refractivity contribution in [3.05, 3.63) is 162 Å². The number of rotatable bonds is 3. The number of nitrogens with zero attached hydrogens (tertiary/aromatic N) is 3. The standard InChI is InChI=1S/C45H33N3/c1-45(2)36-20-10-8-18-33(36)42-34(19-12-21-37(42)45)43-44(47-38-24-23-31(26-39(38)46-43)28-13-4-3-5-14-28)48-40-22-11-9-17-32(40)35-25-29-15-6-7-16-30(29)27-41(35)48/h3-22,25-27H,23-24H2,1-2H3. The van der Waals surface area contributed by atoms with E-state index in [2.05, 4.69) is 158 Å². The largest absolute Gasteiger partial charge is 0.292 e. The summed E-state index contributed by atoms with van der Waals surface area (Å²) >= 11 is 0. The number of aryl methyl sites for hydroxylation is 1. The van der Waals surface area contributed by atoms with Gasteiger partial charge < -0.3 is 0 Å². The lowest BCUT2D eigenvalue weighted by Gasteiger charge is -2.23. The maximum Gasteiger partial charge on any atom is 0.164 e. The summed E-state index contributed by atoms with van der Waals surface area (Å²) in [7, 11) is 0. The van der Waals surface area contributed by atoms with E-state index >= 15 is 0 Å². The third kappa shape index (κ3) is 3.88. The minimum atomic E-state index is -0.115. The maximum absolute atomic E-state index is 5.63. The van der Waals surface area contributed by atoms with Crippen molar-refractivity contribution in [2.24, 2.45) is 0 Å². The number of para-hydroxylation sites is 1. The third-order valence-electron chi connectivity index (χ3n) is 10.7. The molecule has 0 saturated carbocycles. The van der Waals surface area contributed by atoms with Gasteiger partial charge in [-0.05, 0) is 81.3 Å². The van der Waals surface area contributed by atoms with Crippen molar-refractivity contribution in [2.75, 3.05) is 0 Å². The first kappa shape index (κ1) is 27.3. The monoisotopic (exact) mass is 615 g/mol. The number of hydrogen-bond acceptors (Lipinski definition) is 2. The van der Waals surface area contributed by atoms with Gasteiger partial charge in [0.1, 0.15) is 5.69 Å². The molecule has 0 N–H and O–H groups in total. The van der Waals surface area contributed by atoms with E-state index in [4.69, 9.17) is 9.97 Å². The topological polar surface area (TPSA) is 30.7 Å². The first-order chi connectivity index (χ1) is 23.6. The predicted molar refractivity (Wildman–Crippen MR) is 200 cm³/mol. The Morgan fingerprint density at radius 3 is 2.17 bits per heavy atom. The van der Waals surface area contributed by atoms with Crippen LogP contribution in [0.15, 0.2) is 133 Å². The molecule has 3 heteroatoms. The predicted octanol–water partition coefficient (Wildman–Crippen LogP) is 11.2. The molecule has 0 amide bonds. The molecule has 0 aliphatic heterocycles. The van der Waals surface area contributed by atoms with Gasteiger partial charge in [0.05, 0.1) is 22.4 Å². The molecule has 228 valence electrons. The number of fused-ring (bicyclic) bond motifs is 8. The lowest BCUT2D eigenvalue weighted by molar-refractivity contribution is 0.660. The number of aromatic nitrogens is 3. The maximum atomic E-state index is 5.63. The van der Waals surface area contributed by atoms with Crippen LogP contribution in [0.2, 0.25) is 0 Å². The molecule has 0 unspecified atom stereocenters. The minimum Gasteiger partial charge on any atom is -0.292 e. The van der Waals surface area contributed by atoms with Crippen LogP contribution in [0, 0.1) is 0 Å². The molecule has 0 radical (unpaired) electrons. The fourth-order valence-corrected chi connectivity index (χ4v) is 8.31. The Morgan fingerprint density at radius 1 is 0.583 bits per heavy atom. The van der Waals surface area contributed by atoms with E-state index in [1.54, 1.807) is 0 Å². The Labute approximate surface area is 279 Å². The first-order valence-electron chi connectivity index (χ1n) is 16.9. The first-order valence-corrected chi connectivity index (χ1v) is 16.9. The Morgan fingerprint density at radius 2 is 1.29 bits per heavy atom. The Hall–Kier alpha value is -5.80. The van der Waals surface area contributed by atoms with Crippen LogP contribution in [0.3, 0.4) is 0 Å². The van der Waals surface area contributed by atoms with Gasteiger partial charge in [-0.15, -0.1) is 0 Å². The zero-order chi connectivity index (χ0) is 32.0. The summed E-state index contributed by atoms with van der Waals surface area (Å²) in [6.07, 6.45) is 4.05. The van der Waals surface area contributed by atoms with E-state index in [9.17, 15) is 0 Å². The third-order valence-corrected chi connectivity index (χ3v) is 10.7. The van der Waals surface area contributed by atoms with E-state index in [1.165, 1.54) is 54.9 Å². The molecule has 2 aliphatic carbocycles. The molecule has 0 fully saturated rings. The van der Waals surface area contributed by atoms with E-state index in [0.29, 0.717) is 0 Å². The van der Waals surface area contributed by atoms with Crippen molar-refractivity contribution in [3.63, 3.8) is 0 Å². The zero-order valence-electron chi connectivity index (χ0n) is 27.0. The average molecular weight is 616 g/mol. The lowest BCUT2D eigenvalue weighted by Crippen LogP contribution is -2.15. The molecular weight excluding hydrogens is 583 g/mol. The Bertz CT molecular complexity index is 2640. The molecule has 3 nitrogen and oxygen atoms in total. The normalized spacial score (nSPS) is 14.6. The fraction of sp³-hybridized carbons (Fsp3) is 0.111. The zero-order valence-corrected chi connectivity index (χ0v) is 27.0. The van der Waals surface area contributed by atoms with Crippen molar-refractivity contribution in [1.29, 1.82) is 0 Å². The van der Waals surface area contributed by atoms with Gasteiger partial charge in [0.2, 0.25) is 0 Å². The summed E-state index contributed by atoms with van der Waals surface area (Å²) in [6.45, 7) is 4.68. The number of allylic oxidation sites excluding steroid dienone is 1. The van der Waals surface area contributed by atoms with Crippen LogP contribution in [-0.4, -0.2) is 14.5 Å². The molecule has 6 aromatic carbocycles. The highest BCUT2D eigenvalue weighted by atomic mass is 15.1. The molecule has 2 aromatic heterocycles. The summed E-state index contributed by atoms with van der Waals surface area (Å²) in [4.78, 5) is 11.2. The second-order valence-corrected chi connectivity index (χ2v) is 13.7. The van der Waals surface area contributed by atoms with Crippen LogP contribution in [0.4, 0.5) is 0 Å². The van der Waals surface area contributed by atoms with Gasteiger partial charge in [-0.1, -0.05) is 129 Å². The molecule has 0 bridgehead atoms. The van der Waals surface area contributed by atoms with Gasteiger partial charge in [-0.2, -0.15) is 0 Å². The fourth-order valence-electron chi connectivity index (χ4n) is 8.31. The van der Waals surface area contributed by atoms with E-state index < -0.39 is 0 Å². The van der Waals surface area contributed by atoms with E-state index in [1.807, 2.05) is 0 Å². The van der Waals surface area contributed by atoms with Crippen LogP contribution >= 0.6 is 0 Å². The van der Waals surface area contributed by atoms with Crippen molar-refractivity contribution in [1.82, 2.24) is 14.5 Å². The summed E-state index contributed by atoms with van der Waals surface area (Å²) in [5.41, 5.74) is 14.0. The van der Waals surface area contributed by atoms with Gasteiger partial charge in [0, 0.05) is 21.8 Å². The van der Waals surface area contributed by atoms with Crippen molar-refractivity contribution < 1.29 is 0 Å². The van der Waals surface area contributed by atoms with Crippen LogP contribution < -0.4 is 0 Å². The van der Waals surface area contributed by atoms with Crippen molar-refractivity contribution in [2.45, 2.75) is 32.1 Å². The van der Waals surface area contributed by atoms with Crippen molar-refractivity contribution >= 4 is 44.2 Å². The van der Waals surface area contributed by atoms with Gasteiger partial charge >= 0.3 is 0 Å². The van der Waals surface area contributed by atoms with E-state index in [0.717, 1.165) is 52.3 Å². The molecule has 8 aromatic rings. The molecule has 0 spiro atoms. The molecule has 2 heterocycles. The summed E-state index contributed by atoms with van der Waals surface area (Å²) in [5, 5.41) is 4.90. The quantitative estimate of drug-likeness (QED) is 0.198. The highest BCUT2D eigenvalue weighted by Crippen LogP contribution is 2.52. The van der Waals surface area contributed by atoms with Crippen LogP contribution in [0.5, 0.6) is 0 Å². The van der Waals surface area contributed by atoms with Gasteiger partial charge in [0.25, 0.3) is 0 Å². The lowest BCUT2D eigenvalue weighted by atomic mass is 9.82. The van der Waals surface area contributed by atoms with Crippen LogP contribution in [0.25, 0.3) is 72.4 Å². The van der Waals surface area contributed by atoms with Crippen LogP contribution in [-0.2, 0) is 11.8 Å². The molecule has 0 atom stereocenters. The second kappa shape index (κ2) is 10.1. The summed E-state index contributed by atoms with van der Waals surface area (Å²) in [5.74, 6) is 0.891. The number of hydrogen-bond donors (Lipinski definition) is 0. The molecular formula is C45H33N3. The van der Waals surface area contributed by atoms with Gasteiger partial charge in [0.15, 0.2) is 5.82 Å². The Kier molecular flexibility index (Phi) is 5.75. The SMILES string of the molecule is CC1(C)c2ccccc2-c2c(-c3nc4c(nc3-n3c5ccccc5c5cc6ccccc6cc53)CCC(c3ccccc3)=C4)cccc21. The highest BCUT2D eigenvalue weighted by molar-refractivity contribution is 6.14. The molecule has 48 heavy (non-hydrogen) atoms. The smallest absolute Gasteiger partial charge is 0.164 e. The highest BCUT2D eigenvalue weighted by Gasteiger charge is 2.37. The van der Waals surface area contributed by atoms with Crippen molar-refractivity contribution in [3.8, 4) is 28.2 Å². The minimum absolute atomic E-state index is 0.115. The van der Waals surface area contributed by atoms with Crippen LogP contribution in [0.1, 0.15) is 48.3 Å². The van der Waals surface area contributed by atoms with E-state index in [-0.39, 0.29) is 5.41 Å². The molecule has 0 saturated heterocycles. The second-order valence-electron chi connectivity index (χ2n) is 13.7. The molecule has 2 aliphatic rings. The number of benzene rings is 6. The van der Waals surface area contributed by atoms with Gasteiger partial charge in [-0.25, -0.2) is 9.97 Å². The Balaban J connectivity index is 1.32. The van der Waals surface area contributed by atoms with Gasteiger partial charge in [-0.3, -0.25) is 4.57 Å². The molecule has 10 rings (SSSR count).